The van der Waals surface area contributed by atoms with Gasteiger partial charge in [-0.25, -0.2) is 0 Å². The van der Waals surface area contributed by atoms with E-state index in [1.807, 2.05) is 18.2 Å². The van der Waals surface area contributed by atoms with E-state index in [0.29, 0.717) is 0 Å². The number of halogens is 1. The average molecular weight is 266 g/mol. The van der Waals surface area contributed by atoms with Crippen LogP contribution < -0.4 is 4.74 Å². The highest BCUT2D eigenvalue weighted by atomic mass is 127. The van der Waals surface area contributed by atoms with Crippen molar-refractivity contribution in [2.45, 2.75) is 4.90 Å². The van der Waals surface area contributed by atoms with Crippen LogP contribution in [0.15, 0.2) is 29.2 Å². The van der Waals surface area contributed by atoms with Crippen LogP contribution in [-0.2, 0) is 0 Å². The minimum atomic E-state index is 0.918. The van der Waals surface area contributed by atoms with Crippen molar-refractivity contribution in [1.82, 2.24) is 0 Å². The Morgan fingerprint density at radius 1 is 1.50 bits per heavy atom. The monoisotopic (exact) mass is 266 g/mol. The molecule has 0 N–H and O–H groups in total. The third-order valence-corrected chi connectivity index (χ3v) is 3.09. The Balaban J connectivity index is 2.87. The van der Waals surface area contributed by atoms with Gasteiger partial charge in [-0.3, -0.25) is 0 Å². The molecule has 0 atom stereocenters. The smallest absolute Gasteiger partial charge is 0.120 e. The van der Waals surface area contributed by atoms with Crippen LogP contribution in [0, 0.1) is 0 Å². The first kappa shape index (κ1) is 8.20. The SMILES string of the molecule is COc1cccc(SI)c1. The van der Waals surface area contributed by atoms with Crippen LogP contribution in [0.2, 0.25) is 0 Å². The first-order valence-electron chi connectivity index (χ1n) is 2.79. The predicted octanol–water partition coefficient (Wildman–Crippen LogP) is 3.14. The lowest BCUT2D eigenvalue weighted by atomic mass is 10.3. The highest BCUT2D eigenvalue weighted by Crippen LogP contribution is 2.27. The lowest BCUT2D eigenvalue weighted by Crippen LogP contribution is -1.80. The molecule has 0 fully saturated rings. The normalized spacial score (nSPS) is 9.40. The van der Waals surface area contributed by atoms with Crippen LogP contribution in [0.5, 0.6) is 5.75 Å². The zero-order chi connectivity index (χ0) is 7.40. The highest BCUT2D eigenvalue weighted by molar-refractivity contribution is 14.2. The van der Waals surface area contributed by atoms with Gasteiger partial charge in [0.15, 0.2) is 0 Å². The standard InChI is InChI=1S/C7H7IOS/c1-9-6-3-2-4-7(5-6)10-8/h2-5H,1H3. The minimum Gasteiger partial charge on any atom is -0.497 e. The van der Waals surface area contributed by atoms with Gasteiger partial charge < -0.3 is 4.74 Å². The quantitative estimate of drug-likeness (QED) is 0.760. The molecule has 0 spiro atoms. The van der Waals surface area contributed by atoms with Crippen molar-refractivity contribution in [2.24, 2.45) is 0 Å². The molecular formula is C7H7IOS. The molecule has 1 nitrogen and oxygen atoms in total. The molecule has 0 heterocycles. The molecule has 0 unspecified atom stereocenters. The first-order chi connectivity index (χ1) is 4.86. The fraction of sp³-hybridized carbons (Fsp3) is 0.143. The largest absolute Gasteiger partial charge is 0.497 e. The van der Waals surface area contributed by atoms with Crippen LogP contribution in [0.3, 0.4) is 0 Å². The van der Waals surface area contributed by atoms with Crippen LogP contribution in [0.25, 0.3) is 0 Å². The van der Waals surface area contributed by atoms with Gasteiger partial charge in [-0.15, -0.1) is 0 Å². The third-order valence-electron chi connectivity index (χ3n) is 1.13. The Hall–Kier alpha value is 0.1000. The molecule has 1 rings (SSSR count). The maximum Gasteiger partial charge on any atom is 0.120 e. The number of hydrogen-bond acceptors (Lipinski definition) is 2. The zero-order valence-corrected chi connectivity index (χ0v) is 8.48. The molecule has 0 saturated heterocycles. The summed E-state index contributed by atoms with van der Waals surface area (Å²) in [6, 6.07) is 7.99. The number of benzene rings is 1. The van der Waals surface area contributed by atoms with Gasteiger partial charge in [0, 0.05) is 26.1 Å². The van der Waals surface area contributed by atoms with Gasteiger partial charge in [0.25, 0.3) is 0 Å². The van der Waals surface area contributed by atoms with Crippen LogP contribution in [-0.4, -0.2) is 7.11 Å². The second kappa shape index (κ2) is 4.08. The number of rotatable bonds is 2. The van der Waals surface area contributed by atoms with Crippen molar-refractivity contribution in [3.63, 3.8) is 0 Å². The molecule has 3 heteroatoms. The lowest BCUT2D eigenvalue weighted by Gasteiger charge is -1.99. The van der Waals surface area contributed by atoms with Gasteiger partial charge in [-0.1, -0.05) is 15.0 Å². The molecule has 0 aliphatic rings. The Morgan fingerprint density at radius 3 is 2.90 bits per heavy atom. The second-order valence-corrected chi connectivity index (χ2v) is 3.70. The van der Waals surface area contributed by atoms with Crippen molar-refractivity contribution in [2.75, 3.05) is 7.11 Å². The number of hydrogen-bond donors (Lipinski definition) is 0. The van der Waals surface area contributed by atoms with Crippen LogP contribution in [0.1, 0.15) is 0 Å². The first-order valence-corrected chi connectivity index (χ1v) is 6.15. The fourth-order valence-electron chi connectivity index (χ4n) is 0.649. The molecule has 0 amide bonds. The van der Waals surface area contributed by atoms with E-state index in [2.05, 4.69) is 27.3 Å². The van der Waals surface area contributed by atoms with E-state index >= 15 is 0 Å². The fourth-order valence-corrected chi connectivity index (χ4v) is 1.76. The third kappa shape index (κ3) is 2.05. The van der Waals surface area contributed by atoms with E-state index < -0.39 is 0 Å². The Kier molecular flexibility index (Phi) is 3.34. The molecule has 0 aliphatic carbocycles. The Bertz CT molecular complexity index is 195. The van der Waals surface area contributed by atoms with Gasteiger partial charge in [0.05, 0.1) is 7.11 Å². The molecule has 0 radical (unpaired) electrons. The van der Waals surface area contributed by atoms with E-state index in [4.69, 9.17) is 4.74 Å². The Morgan fingerprint density at radius 2 is 2.30 bits per heavy atom. The summed E-state index contributed by atoms with van der Waals surface area (Å²) in [7, 11) is 3.37. The van der Waals surface area contributed by atoms with E-state index in [1.165, 1.54) is 4.90 Å². The molecule has 10 heavy (non-hydrogen) atoms. The van der Waals surface area contributed by atoms with Gasteiger partial charge in [-0.2, -0.15) is 0 Å². The number of ether oxygens (including phenoxy) is 1. The topological polar surface area (TPSA) is 9.23 Å². The van der Waals surface area contributed by atoms with Crippen molar-refractivity contribution < 1.29 is 4.74 Å². The zero-order valence-electron chi connectivity index (χ0n) is 5.50. The predicted molar refractivity (Wildman–Crippen MR) is 52.9 cm³/mol. The van der Waals surface area contributed by atoms with Crippen LogP contribution in [0.4, 0.5) is 0 Å². The van der Waals surface area contributed by atoms with E-state index in [0.717, 1.165) is 5.75 Å². The van der Waals surface area contributed by atoms with E-state index in [1.54, 1.807) is 16.0 Å². The molecular weight excluding hydrogens is 259 g/mol. The van der Waals surface area contributed by atoms with Gasteiger partial charge >= 0.3 is 0 Å². The summed E-state index contributed by atoms with van der Waals surface area (Å²) >= 11 is 2.25. The highest BCUT2D eigenvalue weighted by Gasteiger charge is 1.92. The van der Waals surface area contributed by atoms with Crippen molar-refractivity contribution in [1.29, 1.82) is 0 Å². The molecule has 0 aliphatic heterocycles. The molecule has 0 aromatic heterocycles. The van der Waals surface area contributed by atoms with Gasteiger partial charge in [-0.05, 0) is 18.2 Å². The molecule has 0 saturated carbocycles. The maximum absolute atomic E-state index is 5.04. The number of methoxy groups -OCH3 is 1. The molecule has 1 aromatic carbocycles. The van der Waals surface area contributed by atoms with Crippen molar-refractivity contribution in [3.8, 4) is 5.75 Å². The van der Waals surface area contributed by atoms with Crippen molar-refractivity contribution in [3.05, 3.63) is 24.3 Å². The van der Waals surface area contributed by atoms with Gasteiger partial charge in [0.1, 0.15) is 5.75 Å². The summed E-state index contributed by atoms with van der Waals surface area (Å²) in [5, 5.41) is 0. The summed E-state index contributed by atoms with van der Waals surface area (Å²) in [6.45, 7) is 0. The average Bonchev–Trinajstić information content (AvgIpc) is 2.05. The lowest BCUT2D eigenvalue weighted by molar-refractivity contribution is 0.413. The van der Waals surface area contributed by atoms with E-state index in [-0.39, 0.29) is 0 Å². The summed E-state index contributed by atoms with van der Waals surface area (Å²) < 4.78 is 5.04. The maximum atomic E-state index is 5.04. The minimum absolute atomic E-state index is 0.918. The summed E-state index contributed by atoms with van der Waals surface area (Å²) in [5.41, 5.74) is 0. The van der Waals surface area contributed by atoms with E-state index in [9.17, 15) is 0 Å². The van der Waals surface area contributed by atoms with Crippen molar-refractivity contribution >= 4 is 30.1 Å². The molecule has 1 aromatic rings. The van der Waals surface area contributed by atoms with Crippen LogP contribution >= 0.6 is 30.1 Å². The summed E-state index contributed by atoms with van der Waals surface area (Å²) in [6.07, 6.45) is 0. The Labute approximate surface area is 76.7 Å². The summed E-state index contributed by atoms with van der Waals surface area (Å²) in [5.74, 6) is 0.918. The summed E-state index contributed by atoms with van der Waals surface area (Å²) in [4.78, 5) is 1.22. The molecule has 54 valence electrons. The second-order valence-electron chi connectivity index (χ2n) is 1.76. The molecule has 0 bridgehead atoms. The van der Waals surface area contributed by atoms with Gasteiger partial charge in [0.2, 0.25) is 0 Å².